The number of ether oxygens (including phenoxy) is 3. The Bertz CT molecular complexity index is 1040. The maximum absolute atomic E-state index is 12.4. The molecule has 6 nitrogen and oxygen atoms in total. The third-order valence-electron chi connectivity index (χ3n) is 4.27. The van der Waals surface area contributed by atoms with E-state index in [9.17, 15) is 9.59 Å². The summed E-state index contributed by atoms with van der Waals surface area (Å²) in [5, 5.41) is 4.68. The molecule has 6 heteroatoms. The molecule has 0 radical (unpaired) electrons. The number of nitrogens with one attached hydrogen (secondary N) is 1. The molecule has 0 unspecified atom stereocenters. The number of carbonyl (C=O) groups is 2. The highest BCUT2D eigenvalue weighted by Crippen LogP contribution is 2.37. The predicted octanol–water partition coefficient (Wildman–Crippen LogP) is 3.79. The van der Waals surface area contributed by atoms with Crippen LogP contribution in [-0.2, 0) is 4.79 Å². The number of Topliss-reactive ketones (excluding diaryl/α,β-unsaturated/α-hetero) is 1. The zero-order valence-corrected chi connectivity index (χ0v) is 14.7. The fraction of sp³-hybridized carbons (Fsp3) is 0.143. The number of amides is 1. The van der Waals surface area contributed by atoms with E-state index in [1.165, 1.54) is 6.92 Å². The summed E-state index contributed by atoms with van der Waals surface area (Å²) in [6, 6.07) is 16.6. The molecule has 3 aromatic rings. The molecular weight excluding hydrogens is 346 g/mol. The Morgan fingerprint density at radius 2 is 1.78 bits per heavy atom. The van der Waals surface area contributed by atoms with Gasteiger partial charge in [0.1, 0.15) is 5.75 Å². The van der Waals surface area contributed by atoms with Crippen LogP contribution in [0.4, 0.5) is 5.69 Å². The van der Waals surface area contributed by atoms with E-state index in [2.05, 4.69) is 5.32 Å². The Morgan fingerprint density at radius 3 is 2.59 bits per heavy atom. The molecule has 136 valence electrons. The molecule has 27 heavy (non-hydrogen) atoms. The Morgan fingerprint density at radius 1 is 1.04 bits per heavy atom. The van der Waals surface area contributed by atoms with Gasteiger partial charge >= 0.3 is 0 Å². The first-order chi connectivity index (χ1) is 13.1. The lowest BCUT2D eigenvalue weighted by molar-refractivity contribution is -0.118. The summed E-state index contributed by atoms with van der Waals surface area (Å²) in [6.07, 6.45) is 0. The van der Waals surface area contributed by atoms with Crippen LogP contribution in [0.5, 0.6) is 17.2 Å². The van der Waals surface area contributed by atoms with Gasteiger partial charge in [-0.3, -0.25) is 9.59 Å². The minimum absolute atomic E-state index is 0.0915. The summed E-state index contributed by atoms with van der Waals surface area (Å²) in [5.74, 6) is 1.05. The van der Waals surface area contributed by atoms with Gasteiger partial charge in [0.25, 0.3) is 5.91 Å². The van der Waals surface area contributed by atoms with Crippen molar-refractivity contribution in [3.8, 4) is 17.2 Å². The highest BCUT2D eigenvalue weighted by molar-refractivity contribution is 6.05. The topological polar surface area (TPSA) is 73.9 Å². The van der Waals surface area contributed by atoms with E-state index in [1.807, 2.05) is 42.5 Å². The smallest absolute Gasteiger partial charge is 0.262 e. The molecule has 0 aliphatic carbocycles. The van der Waals surface area contributed by atoms with Gasteiger partial charge in [-0.05, 0) is 24.4 Å². The van der Waals surface area contributed by atoms with Crippen molar-refractivity contribution in [2.75, 3.05) is 18.7 Å². The van der Waals surface area contributed by atoms with Gasteiger partial charge in [-0.2, -0.15) is 0 Å². The molecule has 0 atom stereocenters. The Hall–Kier alpha value is -3.54. The monoisotopic (exact) mass is 363 g/mol. The van der Waals surface area contributed by atoms with Crippen LogP contribution >= 0.6 is 0 Å². The van der Waals surface area contributed by atoms with Crippen LogP contribution in [0.15, 0.2) is 54.6 Å². The Balaban J connectivity index is 1.51. The van der Waals surface area contributed by atoms with E-state index in [1.54, 1.807) is 12.1 Å². The number of fused-ring (bicyclic) bond motifs is 2. The lowest BCUT2D eigenvalue weighted by atomic mass is 10.1. The number of benzene rings is 3. The average Bonchev–Trinajstić information content (AvgIpc) is 3.13. The molecule has 0 saturated carbocycles. The minimum Gasteiger partial charge on any atom is -0.483 e. The third kappa shape index (κ3) is 3.42. The molecule has 1 amide bonds. The van der Waals surface area contributed by atoms with E-state index in [-0.39, 0.29) is 25.1 Å². The van der Waals surface area contributed by atoms with Gasteiger partial charge in [0.2, 0.25) is 6.79 Å². The first-order valence-electron chi connectivity index (χ1n) is 8.47. The molecule has 4 rings (SSSR count). The van der Waals surface area contributed by atoms with Crippen molar-refractivity contribution >= 4 is 28.2 Å². The lowest BCUT2D eigenvalue weighted by Gasteiger charge is -2.12. The molecule has 0 saturated heterocycles. The number of rotatable bonds is 5. The van der Waals surface area contributed by atoms with Gasteiger partial charge in [0.15, 0.2) is 23.9 Å². The predicted molar refractivity (Wildman–Crippen MR) is 101 cm³/mol. The molecule has 1 aliphatic rings. The van der Waals surface area contributed by atoms with Crippen molar-refractivity contribution in [2.24, 2.45) is 0 Å². The van der Waals surface area contributed by atoms with Crippen molar-refractivity contribution in [2.45, 2.75) is 6.92 Å². The molecule has 1 N–H and O–H groups in total. The summed E-state index contributed by atoms with van der Waals surface area (Å²) in [5.41, 5.74) is 0.732. The summed E-state index contributed by atoms with van der Waals surface area (Å²) >= 11 is 0. The minimum atomic E-state index is -0.371. The quantitative estimate of drug-likeness (QED) is 0.698. The van der Waals surface area contributed by atoms with Crippen molar-refractivity contribution in [1.82, 2.24) is 0 Å². The zero-order valence-electron chi connectivity index (χ0n) is 14.7. The lowest BCUT2D eigenvalue weighted by Crippen LogP contribution is -2.21. The maximum Gasteiger partial charge on any atom is 0.262 e. The van der Waals surface area contributed by atoms with E-state index in [0.29, 0.717) is 28.5 Å². The Kier molecular flexibility index (Phi) is 4.38. The maximum atomic E-state index is 12.4. The van der Waals surface area contributed by atoms with Gasteiger partial charge in [0.05, 0.1) is 5.69 Å². The van der Waals surface area contributed by atoms with Gasteiger partial charge in [0, 0.05) is 17.0 Å². The van der Waals surface area contributed by atoms with Crippen LogP contribution in [0.1, 0.15) is 17.3 Å². The van der Waals surface area contributed by atoms with Crippen LogP contribution < -0.4 is 19.5 Å². The van der Waals surface area contributed by atoms with Crippen molar-refractivity contribution in [3.05, 3.63) is 60.2 Å². The third-order valence-corrected chi connectivity index (χ3v) is 4.27. The molecule has 1 heterocycles. The second-order valence-corrected chi connectivity index (χ2v) is 6.12. The molecule has 1 aliphatic heterocycles. The second kappa shape index (κ2) is 6.99. The molecule has 0 spiro atoms. The van der Waals surface area contributed by atoms with Crippen LogP contribution in [0, 0.1) is 0 Å². The highest BCUT2D eigenvalue weighted by atomic mass is 16.7. The summed E-state index contributed by atoms with van der Waals surface area (Å²) in [4.78, 5) is 24.3. The molecule has 0 aromatic heterocycles. The van der Waals surface area contributed by atoms with Gasteiger partial charge in [-0.1, -0.05) is 36.4 Å². The van der Waals surface area contributed by atoms with Crippen LogP contribution in [-0.4, -0.2) is 25.1 Å². The zero-order chi connectivity index (χ0) is 18.8. The SMILES string of the molecule is CC(=O)c1cc2c(cc1NC(=O)COc1cccc3ccccc13)OCO2. The van der Waals surface area contributed by atoms with E-state index in [0.717, 1.165) is 10.8 Å². The van der Waals surface area contributed by atoms with Crippen molar-refractivity contribution < 1.29 is 23.8 Å². The number of hydrogen-bond donors (Lipinski definition) is 1. The van der Waals surface area contributed by atoms with Crippen molar-refractivity contribution in [3.63, 3.8) is 0 Å². The van der Waals surface area contributed by atoms with Crippen molar-refractivity contribution in [1.29, 1.82) is 0 Å². The number of carbonyl (C=O) groups excluding carboxylic acids is 2. The largest absolute Gasteiger partial charge is 0.483 e. The Labute approximate surface area is 155 Å². The average molecular weight is 363 g/mol. The molecular formula is C21H17NO5. The first-order valence-corrected chi connectivity index (χ1v) is 8.47. The van der Waals surface area contributed by atoms with E-state index < -0.39 is 0 Å². The molecule has 3 aromatic carbocycles. The summed E-state index contributed by atoms with van der Waals surface area (Å²) in [6.45, 7) is 1.34. The van der Waals surface area contributed by atoms with Gasteiger partial charge in [-0.25, -0.2) is 0 Å². The van der Waals surface area contributed by atoms with E-state index >= 15 is 0 Å². The van der Waals surface area contributed by atoms with Crippen LogP contribution in [0.2, 0.25) is 0 Å². The first kappa shape index (κ1) is 16.9. The van der Waals surface area contributed by atoms with Crippen LogP contribution in [0.25, 0.3) is 10.8 Å². The number of ketones is 1. The van der Waals surface area contributed by atoms with Crippen LogP contribution in [0.3, 0.4) is 0 Å². The highest BCUT2D eigenvalue weighted by Gasteiger charge is 2.20. The number of hydrogen-bond acceptors (Lipinski definition) is 5. The van der Waals surface area contributed by atoms with E-state index in [4.69, 9.17) is 14.2 Å². The van der Waals surface area contributed by atoms with Gasteiger partial charge in [-0.15, -0.1) is 0 Å². The fourth-order valence-corrected chi connectivity index (χ4v) is 2.99. The normalized spacial score (nSPS) is 12.0. The molecule has 0 bridgehead atoms. The summed E-state index contributed by atoms with van der Waals surface area (Å²) < 4.78 is 16.3. The fourth-order valence-electron chi connectivity index (χ4n) is 2.99. The number of anilines is 1. The summed E-state index contributed by atoms with van der Waals surface area (Å²) in [7, 11) is 0. The van der Waals surface area contributed by atoms with Gasteiger partial charge < -0.3 is 19.5 Å². The standard InChI is InChI=1S/C21H17NO5/c1-13(23)16-9-19-20(27-12-26-19)10-17(16)22-21(24)11-25-18-8-4-6-14-5-2-3-7-15(14)18/h2-10H,11-12H2,1H3,(H,22,24). The molecule has 0 fully saturated rings. The second-order valence-electron chi connectivity index (χ2n) is 6.12.